The van der Waals surface area contributed by atoms with E-state index in [1.54, 1.807) is 34.4 Å². The summed E-state index contributed by atoms with van der Waals surface area (Å²) in [7, 11) is 1.77. The van der Waals surface area contributed by atoms with Crippen LogP contribution in [0, 0.1) is 0 Å². The molecule has 0 aliphatic heterocycles. The predicted molar refractivity (Wildman–Crippen MR) is 102 cm³/mol. The number of aromatic nitrogens is 5. The molecule has 3 heterocycles. The molecule has 4 rings (SSSR count). The number of carbonyl (C=O) groups excluding carboxylic acids is 1. The number of hydrogen-bond acceptors (Lipinski definition) is 7. The van der Waals surface area contributed by atoms with Gasteiger partial charge in [-0.25, -0.2) is 9.67 Å². The van der Waals surface area contributed by atoms with Crippen LogP contribution in [0.2, 0.25) is 0 Å². The molecule has 0 atom stereocenters. The van der Waals surface area contributed by atoms with Crippen LogP contribution in [0.25, 0.3) is 22.0 Å². The molecule has 130 valence electrons. The van der Waals surface area contributed by atoms with Crippen molar-refractivity contribution < 1.29 is 4.79 Å². The number of rotatable bonds is 5. The minimum absolute atomic E-state index is 0.111. The number of benzene rings is 1. The predicted octanol–water partition coefficient (Wildman–Crippen LogP) is 3.24. The Balaban J connectivity index is 1.45. The second-order valence-corrected chi connectivity index (χ2v) is 7.23. The monoisotopic (exact) mass is 382 g/mol. The van der Waals surface area contributed by atoms with Gasteiger partial charge in [-0.1, -0.05) is 12.1 Å². The normalized spacial score (nSPS) is 10.8. The van der Waals surface area contributed by atoms with Crippen molar-refractivity contribution in [1.29, 1.82) is 0 Å². The highest BCUT2D eigenvalue weighted by atomic mass is 32.1. The summed E-state index contributed by atoms with van der Waals surface area (Å²) in [5, 5.41) is 21.3. The van der Waals surface area contributed by atoms with Crippen molar-refractivity contribution in [2.24, 2.45) is 7.05 Å². The van der Waals surface area contributed by atoms with E-state index in [9.17, 15) is 4.79 Å². The van der Waals surface area contributed by atoms with Gasteiger partial charge in [-0.2, -0.15) is 11.3 Å². The van der Waals surface area contributed by atoms with Crippen molar-refractivity contribution in [1.82, 2.24) is 25.2 Å². The first-order chi connectivity index (χ1) is 12.7. The molecular weight excluding hydrogens is 368 g/mol. The average molecular weight is 382 g/mol. The Hall–Kier alpha value is -2.91. The number of tetrazole rings is 1. The van der Waals surface area contributed by atoms with Gasteiger partial charge in [0.05, 0.1) is 12.1 Å². The lowest BCUT2D eigenvalue weighted by Crippen LogP contribution is -2.14. The maximum Gasteiger partial charge on any atom is 0.230 e. The first-order valence-electron chi connectivity index (χ1n) is 7.78. The van der Waals surface area contributed by atoms with Crippen LogP contribution in [-0.4, -0.2) is 31.1 Å². The largest absolute Gasteiger partial charge is 0.326 e. The Morgan fingerprint density at radius 3 is 2.92 bits per heavy atom. The number of nitrogens with zero attached hydrogens (tertiary/aromatic N) is 5. The van der Waals surface area contributed by atoms with Gasteiger partial charge >= 0.3 is 0 Å². The van der Waals surface area contributed by atoms with Crippen molar-refractivity contribution in [2.45, 2.75) is 6.42 Å². The van der Waals surface area contributed by atoms with E-state index in [2.05, 4.69) is 31.2 Å². The standard InChI is InChI=1S/C17H14N6OS2/c1-23-16(20-21-22-23)11-3-2-4-13(7-11)18-15(24)8-14-10-26-17(19-14)12-5-6-25-9-12/h2-7,9-10H,8H2,1H3,(H,18,24). The quantitative estimate of drug-likeness (QED) is 0.573. The van der Waals surface area contributed by atoms with Gasteiger partial charge in [-0.3, -0.25) is 4.79 Å². The highest BCUT2D eigenvalue weighted by molar-refractivity contribution is 7.14. The van der Waals surface area contributed by atoms with Gasteiger partial charge in [0.2, 0.25) is 5.91 Å². The van der Waals surface area contributed by atoms with Crippen molar-refractivity contribution in [2.75, 3.05) is 5.32 Å². The van der Waals surface area contributed by atoms with E-state index in [0.717, 1.165) is 21.8 Å². The highest BCUT2D eigenvalue weighted by Crippen LogP contribution is 2.26. The van der Waals surface area contributed by atoms with Crippen molar-refractivity contribution in [3.05, 3.63) is 52.2 Å². The zero-order valence-electron chi connectivity index (χ0n) is 13.8. The molecule has 0 unspecified atom stereocenters. The molecule has 4 aromatic rings. The van der Waals surface area contributed by atoms with Gasteiger partial charge in [0.15, 0.2) is 5.82 Å². The van der Waals surface area contributed by atoms with Crippen LogP contribution in [0.15, 0.2) is 46.5 Å². The first kappa shape index (κ1) is 16.6. The molecule has 1 amide bonds. The molecule has 0 bridgehead atoms. The SMILES string of the molecule is Cn1nnnc1-c1cccc(NC(=O)Cc2csc(-c3ccsc3)n2)c1. The van der Waals surface area contributed by atoms with Crippen molar-refractivity contribution in [3.8, 4) is 22.0 Å². The molecule has 0 saturated heterocycles. The lowest BCUT2D eigenvalue weighted by molar-refractivity contribution is -0.115. The molecule has 0 fully saturated rings. The average Bonchev–Trinajstić information content (AvgIpc) is 3.35. The van der Waals surface area contributed by atoms with Gasteiger partial charge in [-0.15, -0.1) is 16.4 Å². The summed E-state index contributed by atoms with van der Waals surface area (Å²) in [5.41, 5.74) is 3.39. The summed E-state index contributed by atoms with van der Waals surface area (Å²) in [5.74, 6) is 0.529. The summed E-state index contributed by atoms with van der Waals surface area (Å²) in [4.78, 5) is 16.9. The molecule has 1 aromatic carbocycles. The zero-order valence-corrected chi connectivity index (χ0v) is 15.4. The molecular formula is C17H14N6OS2. The molecule has 1 N–H and O–H groups in total. The number of carbonyl (C=O) groups is 1. The fraction of sp³-hybridized carbons (Fsp3) is 0.118. The van der Waals surface area contributed by atoms with Crippen LogP contribution < -0.4 is 5.32 Å². The van der Waals surface area contributed by atoms with Gasteiger partial charge in [0.1, 0.15) is 5.01 Å². The van der Waals surface area contributed by atoms with E-state index in [0.29, 0.717) is 11.5 Å². The van der Waals surface area contributed by atoms with Crippen LogP contribution in [-0.2, 0) is 18.3 Å². The van der Waals surface area contributed by atoms with Crippen LogP contribution in [0.5, 0.6) is 0 Å². The number of thiophene rings is 1. The van der Waals surface area contributed by atoms with E-state index < -0.39 is 0 Å². The second kappa shape index (κ2) is 7.14. The summed E-state index contributed by atoms with van der Waals surface area (Å²) in [6.45, 7) is 0. The molecule has 3 aromatic heterocycles. The number of thiazole rings is 1. The van der Waals surface area contributed by atoms with E-state index in [1.165, 1.54) is 0 Å². The maximum atomic E-state index is 12.4. The van der Waals surface area contributed by atoms with Gasteiger partial charge < -0.3 is 5.32 Å². The van der Waals surface area contributed by atoms with E-state index >= 15 is 0 Å². The van der Waals surface area contributed by atoms with Crippen LogP contribution >= 0.6 is 22.7 Å². The van der Waals surface area contributed by atoms with Crippen molar-refractivity contribution in [3.63, 3.8) is 0 Å². The zero-order chi connectivity index (χ0) is 17.9. The van der Waals surface area contributed by atoms with E-state index in [-0.39, 0.29) is 12.3 Å². The number of nitrogens with one attached hydrogen (secondary N) is 1. The summed E-state index contributed by atoms with van der Waals surface area (Å²) < 4.78 is 1.59. The number of amides is 1. The molecule has 9 heteroatoms. The van der Waals surface area contributed by atoms with Crippen LogP contribution in [0.3, 0.4) is 0 Å². The van der Waals surface area contributed by atoms with Crippen LogP contribution in [0.1, 0.15) is 5.69 Å². The van der Waals surface area contributed by atoms with E-state index in [4.69, 9.17) is 0 Å². The van der Waals surface area contributed by atoms with Crippen molar-refractivity contribution >= 4 is 34.3 Å². The molecule has 0 spiro atoms. The Labute approximate surface area is 157 Å². The molecule has 0 aliphatic carbocycles. The molecule has 7 nitrogen and oxygen atoms in total. The second-order valence-electron chi connectivity index (χ2n) is 5.59. The third kappa shape index (κ3) is 3.53. The Kier molecular flexibility index (Phi) is 4.55. The third-order valence-electron chi connectivity index (χ3n) is 3.69. The summed E-state index contributed by atoms with van der Waals surface area (Å²) in [6, 6.07) is 9.47. The number of aryl methyl sites for hydroxylation is 1. The number of hydrogen-bond donors (Lipinski definition) is 1. The lowest BCUT2D eigenvalue weighted by Gasteiger charge is -2.06. The first-order valence-corrected chi connectivity index (χ1v) is 9.61. The smallest absolute Gasteiger partial charge is 0.230 e. The van der Waals surface area contributed by atoms with Gasteiger partial charge in [0.25, 0.3) is 0 Å². The summed E-state index contributed by atoms with van der Waals surface area (Å²) in [6.07, 6.45) is 0.233. The molecule has 26 heavy (non-hydrogen) atoms. The Morgan fingerprint density at radius 1 is 1.23 bits per heavy atom. The van der Waals surface area contributed by atoms with Crippen LogP contribution in [0.4, 0.5) is 5.69 Å². The highest BCUT2D eigenvalue weighted by Gasteiger charge is 2.11. The minimum Gasteiger partial charge on any atom is -0.326 e. The Bertz CT molecular complexity index is 1040. The van der Waals surface area contributed by atoms with Gasteiger partial charge in [-0.05, 0) is 34.0 Å². The fourth-order valence-electron chi connectivity index (χ4n) is 2.49. The van der Waals surface area contributed by atoms with E-state index in [1.807, 2.05) is 41.1 Å². The lowest BCUT2D eigenvalue weighted by atomic mass is 10.2. The molecule has 0 radical (unpaired) electrons. The minimum atomic E-state index is -0.111. The number of anilines is 1. The Morgan fingerprint density at radius 2 is 2.15 bits per heavy atom. The topological polar surface area (TPSA) is 85.6 Å². The molecule has 0 aliphatic rings. The molecule has 0 saturated carbocycles. The van der Waals surface area contributed by atoms with Gasteiger partial charge in [0, 0.05) is 34.6 Å². The third-order valence-corrected chi connectivity index (χ3v) is 5.31. The fourth-order valence-corrected chi connectivity index (χ4v) is 4.02. The summed E-state index contributed by atoms with van der Waals surface area (Å²) >= 11 is 3.18. The maximum absolute atomic E-state index is 12.4.